The Morgan fingerprint density at radius 1 is 1.09 bits per heavy atom. The molecule has 3 aromatic rings. The van der Waals surface area contributed by atoms with Crippen molar-refractivity contribution in [1.82, 2.24) is 10.1 Å². The Bertz CT molecular complexity index is 789. The highest BCUT2D eigenvalue weighted by Gasteiger charge is 2.16. The molecule has 1 aromatic heterocycles. The van der Waals surface area contributed by atoms with Gasteiger partial charge in [0.1, 0.15) is 5.52 Å². The second kappa shape index (κ2) is 6.02. The van der Waals surface area contributed by atoms with Gasteiger partial charge in [-0.3, -0.25) is 4.79 Å². The van der Waals surface area contributed by atoms with Crippen LogP contribution in [0.15, 0.2) is 53.1 Å². The minimum absolute atomic E-state index is 0.0344. The fraction of sp³-hybridized carbons (Fsp3) is 0.222. The number of carbonyl (C=O) groups excluding carboxylic acids is 1. The molecule has 0 N–H and O–H groups in total. The van der Waals surface area contributed by atoms with E-state index in [0.717, 1.165) is 16.5 Å². The zero-order chi connectivity index (χ0) is 15.5. The van der Waals surface area contributed by atoms with Crippen LogP contribution < -0.4 is 0 Å². The molecule has 4 nitrogen and oxygen atoms in total. The summed E-state index contributed by atoms with van der Waals surface area (Å²) in [6, 6.07) is 15.3. The number of hydrogen-bond acceptors (Lipinski definition) is 3. The van der Waals surface area contributed by atoms with Gasteiger partial charge < -0.3 is 9.42 Å². The molecular formula is C18H18N2O2. The first-order valence-corrected chi connectivity index (χ1v) is 7.48. The summed E-state index contributed by atoms with van der Waals surface area (Å²) in [6.07, 6.45) is 0. The van der Waals surface area contributed by atoms with Crippen molar-refractivity contribution in [2.24, 2.45) is 0 Å². The predicted molar refractivity (Wildman–Crippen MR) is 86.7 cm³/mol. The minimum atomic E-state index is 0.0344. The zero-order valence-electron chi connectivity index (χ0n) is 12.7. The number of fused-ring (bicyclic) bond motifs is 1. The smallest absolute Gasteiger partial charge is 0.253 e. The number of benzene rings is 2. The number of amides is 1. The van der Waals surface area contributed by atoms with Gasteiger partial charge in [0.2, 0.25) is 0 Å². The highest BCUT2D eigenvalue weighted by Crippen LogP contribution is 2.29. The van der Waals surface area contributed by atoms with E-state index in [9.17, 15) is 4.79 Å². The van der Waals surface area contributed by atoms with Crippen LogP contribution in [0.2, 0.25) is 0 Å². The molecule has 4 heteroatoms. The van der Waals surface area contributed by atoms with Crippen LogP contribution in [0, 0.1) is 0 Å². The number of rotatable bonds is 4. The van der Waals surface area contributed by atoms with Crippen LogP contribution in [-0.2, 0) is 0 Å². The lowest BCUT2D eigenvalue weighted by molar-refractivity contribution is 0.0773. The Balaban J connectivity index is 2.08. The number of aromatic nitrogens is 1. The molecule has 0 radical (unpaired) electrons. The molecular weight excluding hydrogens is 276 g/mol. The maximum absolute atomic E-state index is 12.5. The van der Waals surface area contributed by atoms with Gasteiger partial charge in [0.15, 0.2) is 5.76 Å². The summed E-state index contributed by atoms with van der Waals surface area (Å²) in [5.41, 5.74) is 2.38. The zero-order valence-corrected chi connectivity index (χ0v) is 12.7. The molecule has 22 heavy (non-hydrogen) atoms. The molecule has 0 aliphatic heterocycles. The molecule has 1 heterocycles. The fourth-order valence-corrected chi connectivity index (χ4v) is 2.57. The van der Waals surface area contributed by atoms with E-state index in [1.807, 2.05) is 56.3 Å². The molecule has 0 bridgehead atoms. The molecule has 0 fully saturated rings. The summed E-state index contributed by atoms with van der Waals surface area (Å²) < 4.78 is 5.47. The van der Waals surface area contributed by atoms with E-state index >= 15 is 0 Å². The van der Waals surface area contributed by atoms with Crippen LogP contribution in [0.3, 0.4) is 0 Å². The molecule has 0 saturated heterocycles. The molecule has 2 aromatic carbocycles. The van der Waals surface area contributed by atoms with Gasteiger partial charge in [0.25, 0.3) is 5.91 Å². The first-order valence-electron chi connectivity index (χ1n) is 7.48. The van der Waals surface area contributed by atoms with E-state index in [1.165, 1.54) is 0 Å². The molecule has 3 rings (SSSR count). The van der Waals surface area contributed by atoms with Crippen LogP contribution in [0.4, 0.5) is 0 Å². The summed E-state index contributed by atoms with van der Waals surface area (Å²) in [4.78, 5) is 14.3. The second-order valence-electron chi connectivity index (χ2n) is 5.09. The van der Waals surface area contributed by atoms with Crippen molar-refractivity contribution < 1.29 is 9.32 Å². The summed E-state index contributed by atoms with van der Waals surface area (Å²) in [5.74, 6) is 0.733. The van der Waals surface area contributed by atoms with E-state index in [-0.39, 0.29) is 5.91 Å². The van der Waals surface area contributed by atoms with Crippen molar-refractivity contribution in [2.45, 2.75) is 13.8 Å². The van der Waals surface area contributed by atoms with Crippen molar-refractivity contribution >= 4 is 16.8 Å². The summed E-state index contributed by atoms with van der Waals surface area (Å²) in [6.45, 7) is 5.36. The number of hydrogen-bond donors (Lipinski definition) is 0. The molecule has 1 amide bonds. The summed E-state index contributed by atoms with van der Waals surface area (Å²) >= 11 is 0. The Morgan fingerprint density at radius 2 is 1.82 bits per heavy atom. The lowest BCUT2D eigenvalue weighted by atomic mass is 10.1. The third-order valence-electron chi connectivity index (χ3n) is 3.81. The van der Waals surface area contributed by atoms with Gasteiger partial charge in [-0.1, -0.05) is 35.5 Å². The van der Waals surface area contributed by atoms with E-state index < -0.39 is 0 Å². The maximum atomic E-state index is 12.5. The molecule has 0 atom stereocenters. The van der Waals surface area contributed by atoms with E-state index in [0.29, 0.717) is 24.4 Å². The standard InChI is InChI=1S/C18H18N2O2/c1-3-20(4-2)18(21)14-10-11-16-15(12-14)17(22-19-16)13-8-6-5-7-9-13/h5-12H,3-4H2,1-2H3. The van der Waals surface area contributed by atoms with Gasteiger partial charge in [-0.25, -0.2) is 0 Å². The minimum Gasteiger partial charge on any atom is -0.355 e. The lowest BCUT2D eigenvalue weighted by Gasteiger charge is -2.18. The monoisotopic (exact) mass is 294 g/mol. The van der Waals surface area contributed by atoms with Crippen LogP contribution in [-0.4, -0.2) is 29.1 Å². The van der Waals surface area contributed by atoms with E-state index in [1.54, 1.807) is 11.0 Å². The van der Waals surface area contributed by atoms with Crippen molar-refractivity contribution in [1.29, 1.82) is 0 Å². The Hall–Kier alpha value is -2.62. The quantitative estimate of drug-likeness (QED) is 0.731. The molecule has 0 spiro atoms. The highest BCUT2D eigenvalue weighted by molar-refractivity contribution is 6.00. The van der Waals surface area contributed by atoms with Gasteiger partial charge in [0.05, 0.1) is 5.39 Å². The van der Waals surface area contributed by atoms with Crippen LogP contribution in [0.25, 0.3) is 22.2 Å². The highest BCUT2D eigenvalue weighted by atomic mass is 16.5. The summed E-state index contributed by atoms with van der Waals surface area (Å²) in [5, 5.41) is 4.95. The van der Waals surface area contributed by atoms with Crippen LogP contribution in [0.1, 0.15) is 24.2 Å². The average molecular weight is 294 g/mol. The molecule has 0 unspecified atom stereocenters. The van der Waals surface area contributed by atoms with Crippen LogP contribution in [0.5, 0.6) is 0 Å². The van der Waals surface area contributed by atoms with Crippen molar-refractivity contribution in [2.75, 3.05) is 13.1 Å². The molecule has 0 saturated carbocycles. The number of nitrogens with zero attached hydrogens (tertiary/aromatic N) is 2. The normalized spacial score (nSPS) is 10.8. The fourth-order valence-electron chi connectivity index (χ4n) is 2.57. The van der Waals surface area contributed by atoms with Gasteiger partial charge in [0, 0.05) is 24.2 Å². The Kier molecular flexibility index (Phi) is 3.92. The second-order valence-corrected chi connectivity index (χ2v) is 5.09. The molecule has 0 aliphatic carbocycles. The average Bonchev–Trinajstić information content (AvgIpc) is 2.99. The Morgan fingerprint density at radius 3 is 2.50 bits per heavy atom. The van der Waals surface area contributed by atoms with Gasteiger partial charge in [-0.05, 0) is 32.0 Å². The van der Waals surface area contributed by atoms with E-state index in [4.69, 9.17) is 4.52 Å². The summed E-state index contributed by atoms with van der Waals surface area (Å²) in [7, 11) is 0. The van der Waals surface area contributed by atoms with E-state index in [2.05, 4.69) is 5.16 Å². The molecule has 112 valence electrons. The van der Waals surface area contributed by atoms with Crippen LogP contribution >= 0.6 is 0 Å². The third kappa shape index (κ3) is 2.48. The number of carbonyl (C=O) groups is 1. The first-order chi connectivity index (χ1) is 10.7. The third-order valence-corrected chi connectivity index (χ3v) is 3.81. The first kappa shape index (κ1) is 14.3. The lowest BCUT2D eigenvalue weighted by Crippen LogP contribution is -2.30. The van der Waals surface area contributed by atoms with Gasteiger partial charge in [-0.2, -0.15) is 0 Å². The maximum Gasteiger partial charge on any atom is 0.253 e. The van der Waals surface area contributed by atoms with Gasteiger partial charge in [-0.15, -0.1) is 0 Å². The predicted octanol–water partition coefficient (Wildman–Crippen LogP) is 3.98. The Labute approximate surface area is 129 Å². The SMILES string of the molecule is CCN(CC)C(=O)c1ccc2noc(-c3ccccc3)c2c1. The topological polar surface area (TPSA) is 46.3 Å². The van der Waals surface area contributed by atoms with Crippen molar-refractivity contribution in [3.8, 4) is 11.3 Å². The van der Waals surface area contributed by atoms with Gasteiger partial charge >= 0.3 is 0 Å². The largest absolute Gasteiger partial charge is 0.355 e. The molecule has 0 aliphatic rings. The van der Waals surface area contributed by atoms with Crippen molar-refractivity contribution in [3.05, 3.63) is 54.1 Å². The van der Waals surface area contributed by atoms with Crippen molar-refractivity contribution in [3.63, 3.8) is 0 Å².